The molecule has 1 unspecified atom stereocenters. The summed E-state index contributed by atoms with van der Waals surface area (Å²) in [6, 6.07) is 39.0. The quantitative estimate of drug-likeness (QED) is 0.0720. The van der Waals surface area contributed by atoms with Crippen molar-refractivity contribution in [1.82, 2.24) is 9.88 Å². The molecule has 0 radical (unpaired) electrons. The van der Waals surface area contributed by atoms with E-state index in [0.29, 0.717) is 31.0 Å². The summed E-state index contributed by atoms with van der Waals surface area (Å²) in [5.74, 6) is 0.648. The average Bonchev–Trinajstić information content (AvgIpc) is 3.20. The first-order valence-electron chi connectivity index (χ1n) is 19.7. The Hall–Kier alpha value is -4.27. The van der Waals surface area contributed by atoms with Gasteiger partial charge in [-0.1, -0.05) is 110 Å². The summed E-state index contributed by atoms with van der Waals surface area (Å²) in [5.41, 5.74) is 5.30. The highest BCUT2D eigenvalue weighted by Gasteiger charge is 2.26. The van der Waals surface area contributed by atoms with Crippen molar-refractivity contribution in [3.8, 4) is 5.75 Å². The van der Waals surface area contributed by atoms with Gasteiger partial charge in [-0.25, -0.2) is 0 Å². The fourth-order valence-corrected chi connectivity index (χ4v) is 7.08. The van der Waals surface area contributed by atoms with Crippen molar-refractivity contribution in [2.24, 2.45) is 0 Å². The Bertz CT molecular complexity index is 1810. The molecule has 1 aliphatic heterocycles. The summed E-state index contributed by atoms with van der Waals surface area (Å²) in [7, 11) is 0. The zero-order valence-electron chi connectivity index (χ0n) is 31.1. The van der Waals surface area contributed by atoms with Gasteiger partial charge in [0.2, 0.25) is 5.56 Å². The van der Waals surface area contributed by atoms with Crippen LogP contribution in [0, 0.1) is 0 Å². The van der Waals surface area contributed by atoms with E-state index in [-0.39, 0.29) is 18.0 Å². The van der Waals surface area contributed by atoms with E-state index in [9.17, 15) is 4.79 Å². The molecule has 2 heterocycles. The van der Waals surface area contributed by atoms with Gasteiger partial charge in [0.1, 0.15) is 12.4 Å². The Morgan fingerprint density at radius 1 is 0.717 bits per heavy atom. The number of hydrogen-bond acceptors (Lipinski definition) is 6. The number of hydrogen-bond donors (Lipinski definition) is 1. The molecule has 7 heteroatoms. The Morgan fingerprint density at radius 3 is 2.15 bits per heavy atom. The Balaban J connectivity index is 1.09. The van der Waals surface area contributed by atoms with E-state index in [1.807, 2.05) is 42.5 Å². The van der Waals surface area contributed by atoms with Crippen LogP contribution >= 0.6 is 0 Å². The Morgan fingerprint density at radius 2 is 1.42 bits per heavy atom. The summed E-state index contributed by atoms with van der Waals surface area (Å²) >= 11 is 0. The first kappa shape index (κ1) is 38.5. The third kappa shape index (κ3) is 12.7. The lowest BCUT2D eigenvalue weighted by Gasteiger charge is -2.33. The molecule has 2 atom stereocenters. The minimum atomic E-state index is -0.270. The van der Waals surface area contributed by atoms with E-state index < -0.39 is 0 Å². The third-order valence-corrected chi connectivity index (χ3v) is 9.96. The number of pyridine rings is 1. The molecule has 6 rings (SSSR count). The van der Waals surface area contributed by atoms with E-state index in [1.54, 1.807) is 6.07 Å². The minimum absolute atomic E-state index is 0.161. The molecule has 53 heavy (non-hydrogen) atoms. The van der Waals surface area contributed by atoms with Gasteiger partial charge in [0.05, 0.1) is 11.6 Å². The first-order valence-corrected chi connectivity index (χ1v) is 19.7. The molecule has 7 nitrogen and oxygen atoms in total. The van der Waals surface area contributed by atoms with Gasteiger partial charge >= 0.3 is 0 Å². The van der Waals surface area contributed by atoms with Gasteiger partial charge in [0, 0.05) is 44.4 Å². The predicted molar refractivity (Wildman–Crippen MR) is 213 cm³/mol. The third-order valence-electron chi connectivity index (χ3n) is 9.96. The van der Waals surface area contributed by atoms with E-state index in [0.717, 1.165) is 101 Å². The SMILES string of the molecule is O=c1ccc2c([C@H](CN(CCCCCCOCCCCc3ccccc3)Cc3ccccc3)OC3CCCCO3)ccc(OCc3ccccc3)c2[nH]1. The van der Waals surface area contributed by atoms with Crippen LogP contribution in [-0.2, 0) is 33.8 Å². The molecule has 1 N–H and O–H groups in total. The summed E-state index contributed by atoms with van der Waals surface area (Å²) < 4.78 is 25.2. The highest BCUT2D eigenvalue weighted by molar-refractivity contribution is 5.87. The van der Waals surface area contributed by atoms with Gasteiger partial charge in [-0.05, 0) is 92.3 Å². The molecule has 0 aliphatic carbocycles. The number of aromatic amines is 1. The zero-order chi connectivity index (χ0) is 36.3. The molecule has 4 aromatic carbocycles. The first-order chi connectivity index (χ1) is 26.2. The van der Waals surface area contributed by atoms with Crippen molar-refractivity contribution in [3.05, 3.63) is 148 Å². The highest BCUT2D eigenvalue weighted by Crippen LogP contribution is 2.34. The van der Waals surface area contributed by atoms with Crippen molar-refractivity contribution in [1.29, 1.82) is 0 Å². The molecular weight excluding hydrogens is 661 g/mol. The lowest BCUT2D eigenvalue weighted by molar-refractivity contribution is -0.193. The van der Waals surface area contributed by atoms with Crippen molar-refractivity contribution < 1.29 is 18.9 Å². The van der Waals surface area contributed by atoms with Crippen molar-refractivity contribution >= 4 is 10.9 Å². The molecule has 5 aromatic rings. The molecule has 1 fully saturated rings. The fraction of sp³-hybridized carbons (Fsp3) is 0.413. The van der Waals surface area contributed by atoms with Gasteiger partial charge in [0.25, 0.3) is 0 Å². The number of rotatable bonds is 22. The maximum absolute atomic E-state index is 12.6. The molecular formula is C46H56N2O5. The molecule has 0 saturated carbocycles. The topological polar surface area (TPSA) is 73.0 Å². The number of nitrogens with one attached hydrogen (secondary N) is 1. The van der Waals surface area contributed by atoms with Crippen LogP contribution in [0.2, 0.25) is 0 Å². The van der Waals surface area contributed by atoms with Gasteiger partial charge in [-0.3, -0.25) is 9.69 Å². The van der Waals surface area contributed by atoms with Gasteiger partial charge in [-0.2, -0.15) is 0 Å². The molecule has 1 aliphatic rings. The summed E-state index contributed by atoms with van der Waals surface area (Å²) in [6.45, 7) is 5.26. The van der Waals surface area contributed by atoms with Crippen molar-refractivity contribution in [2.45, 2.75) is 89.8 Å². The van der Waals surface area contributed by atoms with Crippen LogP contribution in [0.15, 0.2) is 120 Å². The Labute approximate surface area is 315 Å². The normalized spacial score (nSPS) is 15.2. The standard InChI is InChI=1S/C46H56N2O5/c49-44-29-27-41-40(26-28-42(46(41)47-44)52-36-39-23-10-5-11-24-39)43(53-45-25-13-17-33-51-45)35-48(34-38-21-8-4-9-22-38)30-14-1-2-15-31-50-32-16-12-20-37-18-6-3-7-19-37/h3-11,18-19,21-24,26-29,43,45H,1-2,12-17,20,25,30-36H2,(H,47,49)/t43-,45?/m0/s1. The molecule has 0 amide bonds. The van der Waals surface area contributed by atoms with Crippen LogP contribution in [0.25, 0.3) is 10.9 Å². The Kier molecular flexibility index (Phi) is 15.6. The van der Waals surface area contributed by atoms with Crippen LogP contribution in [0.5, 0.6) is 5.75 Å². The number of benzene rings is 4. The predicted octanol–water partition coefficient (Wildman–Crippen LogP) is 9.79. The van der Waals surface area contributed by atoms with E-state index in [2.05, 4.69) is 76.6 Å². The van der Waals surface area contributed by atoms with Crippen molar-refractivity contribution in [2.75, 3.05) is 32.9 Å². The second kappa shape index (κ2) is 21.4. The summed E-state index contributed by atoms with van der Waals surface area (Å²) in [6.07, 6.45) is 10.4. The smallest absolute Gasteiger partial charge is 0.248 e. The van der Waals surface area contributed by atoms with Crippen LogP contribution in [0.4, 0.5) is 0 Å². The molecule has 1 aromatic heterocycles. The summed E-state index contributed by atoms with van der Waals surface area (Å²) in [4.78, 5) is 18.2. The van der Waals surface area contributed by atoms with Crippen LogP contribution in [0.3, 0.4) is 0 Å². The number of fused-ring (bicyclic) bond motifs is 1. The van der Waals surface area contributed by atoms with Crippen LogP contribution < -0.4 is 10.3 Å². The second-order valence-corrected chi connectivity index (χ2v) is 14.1. The molecule has 280 valence electrons. The van der Waals surface area contributed by atoms with Crippen LogP contribution in [0.1, 0.15) is 86.1 Å². The number of nitrogens with zero attached hydrogens (tertiary/aromatic N) is 1. The largest absolute Gasteiger partial charge is 0.487 e. The van der Waals surface area contributed by atoms with E-state index in [1.165, 1.54) is 17.5 Å². The van der Waals surface area contributed by atoms with E-state index in [4.69, 9.17) is 18.9 Å². The van der Waals surface area contributed by atoms with E-state index >= 15 is 0 Å². The van der Waals surface area contributed by atoms with Gasteiger partial charge in [0.15, 0.2) is 6.29 Å². The fourth-order valence-electron chi connectivity index (χ4n) is 7.08. The lowest BCUT2D eigenvalue weighted by Crippen LogP contribution is -2.34. The number of H-pyrrole nitrogens is 1. The zero-order valence-corrected chi connectivity index (χ0v) is 31.1. The number of ether oxygens (including phenoxy) is 4. The molecule has 0 spiro atoms. The number of aryl methyl sites for hydroxylation is 1. The molecule has 1 saturated heterocycles. The lowest BCUT2D eigenvalue weighted by atomic mass is 10.0. The number of unbranched alkanes of at least 4 members (excludes halogenated alkanes) is 4. The maximum Gasteiger partial charge on any atom is 0.248 e. The summed E-state index contributed by atoms with van der Waals surface area (Å²) in [5, 5.41) is 0.927. The van der Waals surface area contributed by atoms with Gasteiger partial charge < -0.3 is 23.9 Å². The monoisotopic (exact) mass is 716 g/mol. The molecule has 0 bridgehead atoms. The minimum Gasteiger partial charge on any atom is -0.487 e. The van der Waals surface area contributed by atoms with Crippen LogP contribution in [-0.4, -0.2) is 49.1 Å². The average molecular weight is 717 g/mol. The van der Waals surface area contributed by atoms with Gasteiger partial charge in [-0.15, -0.1) is 0 Å². The highest BCUT2D eigenvalue weighted by atomic mass is 16.7. The maximum atomic E-state index is 12.6. The number of aromatic nitrogens is 1. The van der Waals surface area contributed by atoms with Crippen molar-refractivity contribution in [3.63, 3.8) is 0 Å². The second-order valence-electron chi connectivity index (χ2n) is 14.1.